The van der Waals surface area contributed by atoms with Crippen molar-refractivity contribution in [1.29, 1.82) is 0 Å². The zero-order chi connectivity index (χ0) is 8.27. The number of aliphatic carboxylic acids is 1. The number of nitrogens with two attached hydrogens (primary N) is 1. The monoisotopic (exact) mass is 154 g/mol. The van der Waals surface area contributed by atoms with Crippen LogP contribution in [-0.4, -0.2) is 23.3 Å². The van der Waals surface area contributed by atoms with Gasteiger partial charge in [-0.2, -0.15) is 0 Å². The van der Waals surface area contributed by atoms with Crippen molar-refractivity contribution in [2.24, 2.45) is 10.7 Å². The molecule has 0 fully saturated rings. The third-order valence-electron chi connectivity index (χ3n) is 1.47. The Hall–Kier alpha value is -1.32. The van der Waals surface area contributed by atoms with Gasteiger partial charge < -0.3 is 10.8 Å². The molecule has 1 heterocycles. The van der Waals surface area contributed by atoms with Crippen LogP contribution in [0.1, 0.15) is 12.8 Å². The number of nitrogens with zero attached hydrogens (tertiary/aromatic N) is 1. The van der Waals surface area contributed by atoms with Crippen LogP contribution in [0.25, 0.3) is 0 Å². The van der Waals surface area contributed by atoms with Gasteiger partial charge in [0.1, 0.15) is 5.70 Å². The normalized spacial score (nSPS) is 18.2. The first-order valence-corrected chi connectivity index (χ1v) is 3.44. The van der Waals surface area contributed by atoms with Gasteiger partial charge in [-0.05, 0) is 18.9 Å². The largest absolute Gasteiger partial charge is 0.477 e. The van der Waals surface area contributed by atoms with Gasteiger partial charge >= 0.3 is 5.97 Å². The fourth-order valence-electron chi connectivity index (χ4n) is 0.921. The van der Waals surface area contributed by atoms with Crippen LogP contribution in [0.2, 0.25) is 0 Å². The molecular weight excluding hydrogens is 144 g/mol. The number of carboxylic acids is 1. The first-order valence-electron chi connectivity index (χ1n) is 3.44. The molecule has 0 saturated heterocycles. The van der Waals surface area contributed by atoms with E-state index in [4.69, 9.17) is 10.8 Å². The maximum Gasteiger partial charge on any atom is 0.351 e. The summed E-state index contributed by atoms with van der Waals surface area (Å²) in [4.78, 5) is 14.3. The van der Waals surface area contributed by atoms with E-state index in [9.17, 15) is 4.79 Å². The summed E-state index contributed by atoms with van der Waals surface area (Å²) in [6, 6.07) is 0. The average Bonchev–Trinajstić information content (AvgIpc) is 2.39. The summed E-state index contributed by atoms with van der Waals surface area (Å²) in [6.45, 7) is 0.790. The number of hydrogen-bond donors (Lipinski definition) is 2. The van der Waals surface area contributed by atoms with E-state index in [1.54, 1.807) is 0 Å². The lowest BCUT2D eigenvalue weighted by atomic mass is 10.2. The zero-order valence-corrected chi connectivity index (χ0v) is 6.08. The summed E-state index contributed by atoms with van der Waals surface area (Å²) in [5, 5.41) is 8.39. The van der Waals surface area contributed by atoms with Crippen LogP contribution < -0.4 is 5.73 Å². The van der Waals surface area contributed by atoms with Gasteiger partial charge in [0.05, 0.1) is 0 Å². The van der Waals surface area contributed by atoms with E-state index in [1.807, 2.05) is 0 Å². The lowest BCUT2D eigenvalue weighted by molar-refractivity contribution is -0.132. The summed E-state index contributed by atoms with van der Waals surface area (Å²) >= 11 is 0. The molecule has 0 bridgehead atoms. The third-order valence-corrected chi connectivity index (χ3v) is 1.47. The first kappa shape index (κ1) is 7.78. The Morgan fingerprint density at radius 1 is 1.73 bits per heavy atom. The van der Waals surface area contributed by atoms with Gasteiger partial charge in [0.2, 0.25) is 0 Å². The minimum atomic E-state index is -1.08. The van der Waals surface area contributed by atoms with Gasteiger partial charge in [-0.3, -0.25) is 4.99 Å². The quantitative estimate of drug-likeness (QED) is 0.556. The van der Waals surface area contributed by atoms with Crippen LogP contribution in [0.4, 0.5) is 0 Å². The molecule has 0 aliphatic carbocycles. The van der Waals surface area contributed by atoms with E-state index in [2.05, 4.69) is 4.99 Å². The third kappa shape index (κ3) is 2.07. The Bertz CT molecular complexity index is 231. The Kier molecular flexibility index (Phi) is 2.25. The van der Waals surface area contributed by atoms with Crippen LogP contribution >= 0.6 is 0 Å². The molecule has 0 aromatic carbocycles. The number of aliphatic imine (C=N–C) groups is 1. The number of carboxylic acid groups (broad SMARTS) is 1. The second-order valence-electron chi connectivity index (χ2n) is 2.38. The molecular formula is C7H10N2O2. The molecule has 60 valence electrons. The Morgan fingerprint density at radius 3 is 2.91 bits per heavy atom. The Balaban J connectivity index is 2.63. The van der Waals surface area contributed by atoms with Gasteiger partial charge in [0.25, 0.3) is 0 Å². The second kappa shape index (κ2) is 3.18. The van der Waals surface area contributed by atoms with Crippen LogP contribution in [0.5, 0.6) is 0 Å². The van der Waals surface area contributed by atoms with E-state index >= 15 is 0 Å². The fourth-order valence-corrected chi connectivity index (χ4v) is 0.921. The molecule has 0 unspecified atom stereocenters. The van der Waals surface area contributed by atoms with Crippen molar-refractivity contribution in [2.75, 3.05) is 6.54 Å². The van der Waals surface area contributed by atoms with Crippen LogP contribution in [0.3, 0.4) is 0 Å². The highest BCUT2D eigenvalue weighted by Gasteiger charge is 2.06. The van der Waals surface area contributed by atoms with Gasteiger partial charge in [0, 0.05) is 12.3 Å². The van der Waals surface area contributed by atoms with Crippen molar-refractivity contribution in [3.05, 3.63) is 11.8 Å². The highest BCUT2D eigenvalue weighted by atomic mass is 16.4. The first-order chi connectivity index (χ1) is 5.20. The molecule has 0 spiro atoms. The number of carbonyl (C=O) groups is 1. The Labute approximate surface area is 64.4 Å². The van der Waals surface area contributed by atoms with E-state index in [0.717, 1.165) is 25.1 Å². The van der Waals surface area contributed by atoms with Gasteiger partial charge in [-0.15, -0.1) is 0 Å². The number of hydrogen-bond acceptors (Lipinski definition) is 3. The molecule has 0 atom stereocenters. The van der Waals surface area contributed by atoms with E-state index < -0.39 is 5.97 Å². The number of rotatable bonds is 2. The smallest absolute Gasteiger partial charge is 0.351 e. The number of allylic oxidation sites excluding steroid dienone is 1. The summed E-state index contributed by atoms with van der Waals surface area (Å²) in [6.07, 6.45) is 3.27. The average molecular weight is 154 g/mol. The van der Waals surface area contributed by atoms with Crippen LogP contribution in [0, 0.1) is 0 Å². The summed E-state index contributed by atoms with van der Waals surface area (Å²) in [5.41, 5.74) is 5.84. The summed E-state index contributed by atoms with van der Waals surface area (Å²) in [5.74, 6) is -1.08. The van der Waals surface area contributed by atoms with Gasteiger partial charge in [0.15, 0.2) is 0 Å². The molecule has 1 aliphatic rings. The molecule has 4 nitrogen and oxygen atoms in total. The van der Waals surface area contributed by atoms with Gasteiger partial charge in [-0.1, -0.05) is 0 Å². The highest BCUT2D eigenvalue weighted by Crippen LogP contribution is 2.05. The topological polar surface area (TPSA) is 75.7 Å². The molecule has 0 aromatic rings. The molecule has 1 aliphatic heterocycles. The molecule has 0 radical (unpaired) electrons. The van der Waals surface area contributed by atoms with Crippen molar-refractivity contribution in [3.8, 4) is 0 Å². The molecule has 0 amide bonds. The Morgan fingerprint density at radius 2 is 2.45 bits per heavy atom. The lowest BCUT2D eigenvalue weighted by Gasteiger charge is -1.92. The van der Waals surface area contributed by atoms with Crippen molar-refractivity contribution < 1.29 is 9.90 Å². The van der Waals surface area contributed by atoms with Crippen molar-refractivity contribution >= 4 is 11.7 Å². The maximum atomic E-state index is 10.2. The van der Waals surface area contributed by atoms with E-state index in [-0.39, 0.29) is 5.70 Å². The van der Waals surface area contributed by atoms with E-state index in [1.165, 1.54) is 6.08 Å². The highest BCUT2D eigenvalue weighted by molar-refractivity contribution is 6.01. The minimum absolute atomic E-state index is 0.134. The molecule has 1 rings (SSSR count). The molecule has 4 heteroatoms. The standard InChI is InChI=1S/C7H10N2O2/c8-6(7(10)11)4-5-2-1-3-9-5/h4H,1-3,8H2,(H,10,11)/b6-4-. The molecule has 0 aromatic heterocycles. The predicted molar refractivity (Wildman–Crippen MR) is 41.4 cm³/mol. The zero-order valence-electron chi connectivity index (χ0n) is 6.08. The summed E-state index contributed by atoms with van der Waals surface area (Å²) < 4.78 is 0. The lowest BCUT2D eigenvalue weighted by Crippen LogP contribution is -2.11. The second-order valence-corrected chi connectivity index (χ2v) is 2.38. The summed E-state index contributed by atoms with van der Waals surface area (Å²) in [7, 11) is 0. The van der Waals surface area contributed by atoms with E-state index in [0.29, 0.717) is 0 Å². The van der Waals surface area contributed by atoms with Crippen LogP contribution in [-0.2, 0) is 4.79 Å². The predicted octanol–water partition coefficient (Wildman–Crippen LogP) is 0.148. The fraction of sp³-hybridized carbons (Fsp3) is 0.429. The van der Waals surface area contributed by atoms with Crippen molar-refractivity contribution in [2.45, 2.75) is 12.8 Å². The van der Waals surface area contributed by atoms with Crippen molar-refractivity contribution in [1.82, 2.24) is 0 Å². The SMILES string of the molecule is N/C(=C\C1=NCCC1)C(=O)O. The molecule has 11 heavy (non-hydrogen) atoms. The molecule has 3 N–H and O–H groups in total. The molecule has 0 saturated carbocycles. The maximum absolute atomic E-state index is 10.2. The van der Waals surface area contributed by atoms with Crippen LogP contribution in [0.15, 0.2) is 16.8 Å². The van der Waals surface area contributed by atoms with Gasteiger partial charge in [-0.25, -0.2) is 4.79 Å². The minimum Gasteiger partial charge on any atom is -0.477 e. The van der Waals surface area contributed by atoms with Crippen molar-refractivity contribution in [3.63, 3.8) is 0 Å².